The molecule has 0 nitrogen and oxygen atoms in total. The van der Waals surface area contributed by atoms with Gasteiger partial charge in [0.15, 0.2) is 5.13 Å². The van der Waals surface area contributed by atoms with E-state index in [1.807, 2.05) is 6.92 Å². The smallest absolute Gasteiger partial charge is 0.177 e. The number of halogens is 1. The average Bonchev–Trinajstić information content (AvgIpc) is 2.98. The Hall–Kier alpha value is -0.970. The molecule has 0 aromatic carbocycles. The van der Waals surface area contributed by atoms with Crippen molar-refractivity contribution >= 4 is 34.0 Å². The summed E-state index contributed by atoms with van der Waals surface area (Å²) in [7, 11) is 0. The third-order valence-electron chi connectivity index (χ3n) is 2.80. The molecule has 3 rings (SSSR count). The Kier molecular flexibility index (Phi) is 3.09. The minimum absolute atomic E-state index is 0.107. The van der Waals surface area contributed by atoms with Gasteiger partial charge in [0.2, 0.25) is 0 Å². The molecule has 0 atom stereocenters. The lowest BCUT2D eigenvalue weighted by Gasteiger charge is -1.95. The molecule has 0 N–H and O–H groups in total. The normalized spacial score (nSPS) is 11.1. The summed E-state index contributed by atoms with van der Waals surface area (Å²) in [4.78, 5) is 4.80. The maximum absolute atomic E-state index is 13.2. The molecular weight excluding hydrogens is 283 g/mol. The van der Waals surface area contributed by atoms with Crippen LogP contribution in [0.2, 0.25) is 0 Å². The van der Waals surface area contributed by atoms with E-state index in [9.17, 15) is 4.39 Å². The second-order valence-corrected chi connectivity index (χ2v) is 7.16. The van der Waals surface area contributed by atoms with Crippen LogP contribution >= 0.6 is 34.0 Å². The van der Waals surface area contributed by atoms with E-state index in [1.54, 1.807) is 28.7 Å². The number of rotatable bonds is 2. The standard InChI is InChI=1S/C14H11FS3/c1-8-5-6-16-13(8)10-3-4-11(17-10)14-9(2)7-12(15)18-14/h3-7H,1-2H3. The van der Waals surface area contributed by atoms with Crippen molar-refractivity contribution in [2.24, 2.45) is 0 Å². The number of hydrogen-bond donors (Lipinski definition) is 0. The maximum atomic E-state index is 13.2. The van der Waals surface area contributed by atoms with E-state index in [4.69, 9.17) is 0 Å². The fourth-order valence-corrected chi connectivity index (χ4v) is 5.10. The van der Waals surface area contributed by atoms with Crippen molar-refractivity contribution in [3.8, 4) is 19.5 Å². The highest BCUT2D eigenvalue weighted by atomic mass is 32.1. The zero-order valence-corrected chi connectivity index (χ0v) is 12.4. The van der Waals surface area contributed by atoms with Crippen LogP contribution in [0.5, 0.6) is 0 Å². The zero-order valence-electron chi connectivity index (χ0n) is 9.99. The van der Waals surface area contributed by atoms with Crippen LogP contribution in [0.1, 0.15) is 11.1 Å². The van der Waals surface area contributed by atoms with Gasteiger partial charge in [-0.15, -0.1) is 34.0 Å². The average molecular weight is 294 g/mol. The van der Waals surface area contributed by atoms with Crippen LogP contribution in [0, 0.1) is 19.0 Å². The first kappa shape index (κ1) is 12.1. The summed E-state index contributed by atoms with van der Waals surface area (Å²) in [5.74, 6) is 0. The monoisotopic (exact) mass is 294 g/mol. The van der Waals surface area contributed by atoms with Crippen molar-refractivity contribution in [1.29, 1.82) is 0 Å². The van der Waals surface area contributed by atoms with Crippen molar-refractivity contribution in [2.75, 3.05) is 0 Å². The Morgan fingerprint density at radius 3 is 2.17 bits per heavy atom. The second-order valence-electron chi connectivity index (χ2n) is 4.16. The van der Waals surface area contributed by atoms with Crippen molar-refractivity contribution in [1.82, 2.24) is 0 Å². The van der Waals surface area contributed by atoms with Gasteiger partial charge in [-0.1, -0.05) is 0 Å². The first-order valence-corrected chi connectivity index (χ1v) is 8.07. The Morgan fingerprint density at radius 2 is 1.61 bits per heavy atom. The van der Waals surface area contributed by atoms with Gasteiger partial charge in [-0.3, -0.25) is 0 Å². The van der Waals surface area contributed by atoms with E-state index in [0.717, 1.165) is 15.3 Å². The lowest BCUT2D eigenvalue weighted by atomic mass is 10.2. The highest BCUT2D eigenvalue weighted by molar-refractivity contribution is 7.26. The van der Waals surface area contributed by atoms with Crippen molar-refractivity contribution in [3.63, 3.8) is 0 Å². The largest absolute Gasteiger partial charge is 0.195 e. The van der Waals surface area contributed by atoms with Crippen molar-refractivity contribution in [2.45, 2.75) is 13.8 Å². The third kappa shape index (κ3) is 2.05. The summed E-state index contributed by atoms with van der Waals surface area (Å²) in [6.07, 6.45) is 0. The molecule has 0 aliphatic carbocycles. The molecule has 18 heavy (non-hydrogen) atoms. The minimum atomic E-state index is -0.107. The molecule has 0 spiro atoms. The van der Waals surface area contributed by atoms with E-state index in [0.29, 0.717) is 0 Å². The van der Waals surface area contributed by atoms with Crippen LogP contribution in [0.4, 0.5) is 4.39 Å². The van der Waals surface area contributed by atoms with Gasteiger partial charge in [0, 0.05) is 14.6 Å². The summed E-state index contributed by atoms with van der Waals surface area (Å²) in [5.41, 5.74) is 2.33. The molecule has 0 bridgehead atoms. The Labute approximate surface area is 117 Å². The summed E-state index contributed by atoms with van der Waals surface area (Å²) in [6.45, 7) is 4.09. The van der Waals surface area contributed by atoms with E-state index in [-0.39, 0.29) is 5.13 Å². The minimum Gasteiger partial charge on any atom is -0.195 e. The predicted octanol–water partition coefficient (Wildman–Crippen LogP) is 5.96. The Balaban J connectivity index is 2.05. The lowest BCUT2D eigenvalue weighted by molar-refractivity contribution is 0.656. The quantitative estimate of drug-likeness (QED) is 0.547. The van der Waals surface area contributed by atoms with Gasteiger partial charge >= 0.3 is 0 Å². The Bertz CT molecular complexity index is 688. The molecule has 0 saturated heterocycles. The molecule has 0 unspecified atom stereocenters. The van der Waals surface area contributed by atoms with Crippen molar-refractivity contribution < 1.29 is 4.39 Å². The van der Waals surface area contributed by atoms with Gasteiger partial charge in [0.25, 0.3) is 0 Å². The van der Waals surface area contributed by atoms with Gasteiger partial charge in [-0.25, -0.2) is 0 Å². The van der Waals surface area contributed by atoms with Gasteiger partial charge in [0.1, 0.15) is 0 Å². The van der Waals surface area contributed by atoms with Gasteiger partial charge < -0.3 is 0 Å². The molecule has 0 aliphatic rings. The topological polar surface area (TPSA) is 0 Å². The van der Waals surface area contributed by atoms with Gasteiger partial charge in [0.05, 0.1) is 4.88 Å². The summed E-state index contributed by atoms with van der Waals surface area (Å²) in [6, 6.07) is 7.97. The molecule has 3 aromatic rings. The van der Waals surface area contributed by atoms with Gasteiger partial charge in [-0.05, 0) is 54.6 Å². The number of hydrogen-bond acceptors (Lipinski definition) is 3. The highest BCUT2D eigenvalue weighted by Crippen LogP contribution is 2.41. The summed E-state index contributed by atoms with van der Waals surface area (Å²) in [5, 5.41) is 2.00. The molecule has 3 aromatic heterocycles. The van der Waals surface area contributed by atoms with Crippen LogP contribution in [-0.2, 0) is 0 Å². The van der Waals surface area contributed by atoms with E-state index >= 15 is 0 Å². The molecule has 0 fully saturated rings. The SMILES string of the molecule is Cc1ccsc1-c1ccc(-c2sc(F)cc2C)s1. The fourth-order valence-electron chi connectivity index (χ4n) is 1.89. The summed E-state index contributed by atoms with van der Waals surface area (Å²) < 4.78 is 13.2. The zero-order chi connectivity index (χ0) is 12.7. The first-order valence-electron chi connectivity index (χ1n) is 5.56. The van der Waals surface area contributed by atoms with Crippen LogP contribution in [0.3, 0.4) is 0 Å². The third-order valence-corrected chi connectivity index (χ3v) is 6.29. The fraction of sp³-hybridized carbons (Fsp3) is 0.143. The van der Waals surface area contributed by atoms with Crippen LogP contribution < -0.4 is 0 Å². The summed E-state index contributed by atoms with van der Waals surface area (Å²) >= 11 is 4.73. The van der Waals surface area contributed by atoms with Gasteiger partial charge in [-0.2, -0.15) is 4.39 Å². The maximum Gasteiger partial charge on any atom is 0.177 e. The van der Waals surface area contributed by atoms with Crippen LogP contribution in [0.15, 0.2) is 29.6 Å². The molecule has 92 valence electrons. The highest BCUT2D eigenvalue weighted by Gasteiger charge is 2.12. The first-order chi connectivity index (χ1) is 8.65. The lowest BCUT2D eigenvalue weighted by Crippen LogP contribution is -1.67. The molecule has 0 radical (unpaired) electrons. The molecule has 4 heteroatoms. The molecular formula is C14H11FS3. The van der Waals surface area contributed by atoms with E-state index < -0.39 is 0 Å². The molecule has 3 heterocycles. The predicted molar refractivity (Wildman–Crippen MR) is 80.4 cm³/mol. The van der Waals surface area contributed by atoms with Crippen LogP contribution in [0.25, 0.3) is 19.5 Å². The van der Waals surface area contributed by atoms with E-state index in [1.165, 1.54) is 26.7 Å². The van der Waals surface area contributed by atoms with E-state index in [2.05, 4.69) is 30.5 Å². The van der Waals surface area contributed by atoms with Crippen molar-refractivity contribution in [3.05, 3.63) is 45.9 Å². The van der Waals surface area contributed by atoms with Crippen LogP contribution in [-0.4, -0.2) is 0 Å². The molecule has 0 aliphatic heterocycles. The second kappa shape index (κ2) is 4.61. The number of aryl methyl sites for hydroxylation is 2. The molecule has 0 amide bonds. The Morgan fingerprint density at radius 1 is 0.889 bits per heavy atom. The number of thiophene rings is 3. The molecule has 0 saturated carbocycles.